The molecule has 0 spiro atoms. The fourth-order valence-corrected chi connectivity index (χ4v) is 7.33. The minimum Gasteiger partial charge on any atom is -0.342 e. The summed E-state index contributed by atoms with van der Waals surface area (Å²) in [6, 6.07) is 0. The molecule has 0 aromatic carbocycles. The summed E-state index contributed by atoms with van der Waals surface area (Å²) in [5, 5.41) is 3.06. The van der Waals surface area contributed by atoms with Gasteiger partial charge in [0.2, 0.25) is 5.91 Å². The smallest absolute Gasteiger partial charge is 0.281 e. The molecule has 4 nitrogen and oxygen atoms in total. The molecule has 5 heteroatoms. The molecular formula is C23H37IN2O2. The molecular weight excluding hydrogens is 463 g/mol. The molecule has 1 N–H and O–H groups in total. The van der Waals surface area contributed by atoms with Crippen LogP contribution in [0.4, 0.5) is 4.79 Å². The highest BCUT2D eigenvalue weighted by Gasteiger charge is 2.72. The zero-order chi connectivity index (χ0) is 19.6. The quantitative estimate of drug-likeness (QED) is 0.302. The summed E-state index contributed by atoms with van der Waals surface area (Å²) in [7, 11) is 0. The molecule has 5 aliphatic rings. The average Bonchev–Trinajstić information content (AvgIpc) is 2.68. The van der Waals surface area contributed by atoms with E-state index in [0.29, 0.717) is 5.91 Å². The Morgan fingerprint density at radius 2 is 1.21 bits per heavy atom. The van der Waals surface area contributed by atoms with Gasteiger partial charge in [-0.25, -0.2) is 0 Å². The molecule has 5 fully saturated rings. The zero-order valence-corrected chi connectivity index (χ0v) is 19.5. The first-order valence-electron chi connectivity index (χ1n) is 11.8. The van der Waals surface area contributed by atoms with Crippen molar-refractivity contribution < 1.29 is 9.59 Å². The van der Waals surface area contributed by atoms with Gasteiger partial charge in [0.25, 0.3) is 3.91 Å². The first-order valence-corrected chi connectivity index (χ1v) is 12.9. The van der Waals surface area contributed by atoms with Gasteiger partial charge in [-0.3, -0.25) is 9.59 Å². The molecule has 158 valence electrons. The predicted molar refractivity (Wildman–Crippen MR) is 121 cm³/mol. The van der Waals surface area contributed by atoms with Gasteiger partial charge in [0.15, 0.2) is 0 Å². The number of nitrogens with one attached hydrogen (secondary N) is 1. The largest absolute Gasteiger partial charge is 0.342 e. The van der Waals surface area contributed by atoms with Gasteiger partial charge in [-0.2, -0.15) is 0 Å². The third-order valence-corrected chi connectivity index (χ3v) is 8.51. The van der Waals surface area contributed by atoms with Gasteiger partial charge in [0, 0.05) is 41.2 Å². The summed E-state index contributed by atoms with van der Waals surface area (Å²) in [5.41, 5.74) is -0.165. The third-order valence-electron chi connectivity index (χ3n) is 8.24. The van der Waals surface area contributed by atoms with Crippen LogP contribution in [0.2, 0.25) is 0 Å². The van der Waals surface area contributed by atoms with Crippen LogP contribution >= 0.6 is 22.6 Å². The molecule has 1 heterocycles. The number of halogens is 1. The van der Waals surface area contributed by atoms with E-state index in [4.69, 9.17) is 0 Å². The summed E-state index contributed by atoms with van der Waals surface area (Å²) in [4.78, 5) is 26.6. The number of nitrogens with zero attached hydrogens (tertiary/aromatic N) is 1. The lowest BCUT2D eigenvalue weighted by Crippen LogP contribution is -2.78. The van der Waals surface area contributed by atoms with Gasteiger partial charge >= 0.3 is 0 Å². The molecule has 2 bridgehead atoms. The minimum absolute atomic E-state index is 0.0144. The van der Waals surface area contributed by atoms with Crippen LogP contribution in [-0.4, -0.2) is 33.3 Å². The Kier molecular flexibility index (Phi) is 6.58. The van der Waals surface area contributed by atoms with Crippen molar-refractivity contribution in [2.45, 2.75) is 102 Å². The van der Waals surface area contributed by atoms with Gasteiger partial charge in [0.1, 0.15) is 0 Å². The van der Waals surface area contributed by atoms with Crippen molar-refractivity contribution >= 4 is 32.4 Å². The highest BCUT2D eigenvalue weighted by molar-refractivity contribution is 14.1. The predicted octanol–water partition coefficient (Wildman–Crippen LogP) is 5.82. The number of hydrogen-bond donors (Lipinski definition) is 1. The highest BCUT2D eigenvalue weighted by atomic mass is 127. The lowest BCUT2D eigenvalue weighted by atomic mass is 9.39. The van der Waals surface area contributed by atoms with Gasteiger partial charge in [0.05, 0.1) is 5.41 Å². The molecule has 1 aliphatic heterocycles. The normalized spacial score (nSPS) is 35.2. The Morgan fingerprint density at radius 3 is 1.71 bits per heavy atom. The van der Waals surface area contributed by atoms with Crippen LogP contribution in [-0.2, 0) is 4.79 Å². The Balaban J connectivity index is 1.24. The van der Waals surface area contributed by atoms with Crippen molar-refractivity contribution in [3.8, 4) is 0 Å². The Hall–Kier alpha value is -0.330. The number of carbonyl (C=O) groups is 2. The number of amides is 2. The molecule has 0 unspecified atom stereocenters. The summed E-state index contributed by atoms with van der Waals surface area (Å²) in [6.07, 6.45) is 19.3. The van der Waals surface area contributed by atoms with Crippen LogP contribution in [0, 0.1) is 17.3 Å². The summed E-state index contributed by atoms with van der Waals surface area (Å²) in [5.74, 6) is 2.12. The van der Waals surface area contributed by atoms with E-state index in [2.05, 4.69) is 10.2 Å². The second kappa shape index (κ2) is 8.81. The SMILES string of the molecule is O=C(I)NC12CC(C(=O)N3CCC(C4CCCCCCCCCC4)CC3)(C1)C2. The van der Waals surface area contributed by atoms with Crippen molar-refractivity contribution in [3.05, 3.63) is 0 Å². The van der Waals surface area contributed by atoms with Crippen LogP contribution in [0.3, 0.4) is 0 Å². The van der Waals surface area contributed by atoms with Crippen molar-refractivity contribution in [3.63, 3.8) is 0 Å². The van der Waals surface area contributed by atoms with Gasteiger partial charge < -0.3 is 10.2 Å². The van der Waals surface area contributed by atoms with Crippen molar-refractivity contribution in [2.24, 2.45) is 17.3 Å². The van der Waals surface area contributed by atoms with E-state index in [1.54, 1.807) is 22.6 Å². The second-order valence-electron chi connectivity index (χ2n) is 10.3. The number of carbonyl (C=O) groups excluding carboxylic acids is 2. The standard InChI is InChI=1S/C23H37IN2O2/c24-21(28)25-23-15-22(16-23,17-23)20(27)26-13-11-19(12-14-26)18-9-7-5-3-1-2-4-6-8-10-18/h18-19H,1-17H2,(H,25,28). The van der Waals surface area contributed by atoms with Crippen LogP contribution in [0.5, 0.6) is 0 Å². The van der Waals surface area contributed by atoms with E-state index < -0.39 is 0 Å². The Bertz CT molecular complexity index is 553. The van der Waals surface area contributed by atoms with Gasteiger partial charge in [-0.1, -0.05) is 64.2 Å². The number of hydrogen-bond acceptors (Lipinski definition) is 2. The Morgan fingerprint density at radius 1 is 0.750 bits per heavy atom. The number of piperidine rings is 1. The molecule has 4 aliphatic carbocycles. The van der Waals surface area contributed by atoms with Crippen molar-refractivity contribution in [1.29, 1.82) is 0 Å². The van der Waals surface area contributed by atoms with Crippen LogP contribution in [0.1, 0.15) is 96.3 Å². The topological polar surface area (TPSA) is 49.4 Å². The molecule has 1 saturated heterocycles. The summed E-state index contributed by atoms with van der Waals surface area (Å²) < 4.78 is 0.0144. The number of rotatable bonds is 3. The molecule has 0 radical (unpaired) electrons. The molecule has 0 aromatic heterocycles. The average molecular weight is 500 g/mol. The fraction of sp³-hybridized carbons (Fsp3) is 0.913. The molecule has 2 amide bonds. The van der Waals surface area contributed by atoms with E-state index in [-0.39, 0.29) is 14.9 Å². The van der Waals surface area contributed by atoms with E-state index >= 15 is 0 Å². The van der Waals surface area contributed by atoms with Crippen molar-refractivity contribution in [2.75, 3.05) is 13.1 Å². The fourth-order valence-electron chi connectivity index (χ4n) is 6.75. The summed E-state index contributed by atoms with van der Waals surface area (Å²) >= 11 is 1.80. The highest BCUT2D eigenvalue weighted by Crippen LogP contribution is 2.68. The zero-order valence-electron chi connectivity index (χ0n) is 17.3. The molecule has 5 rings (SSSR count). The lowest BCUT2D eigenvalue weighted by Gasteiger charge is -2.69. The third kappa shape index (κ3) is 4.39. The second-order valence-corrected chi connectivity index (χ2v) is 11.3. The van der Waals surface area contributed by atoms with Gasteiger partial charge in [-0.15, -0.1) is 0 Å². The first-order chi connectivity index (χ1) is 13.5. The molecule has 0 aromatic rings. The lowest BCUT2D eigenvalue weighted by molar-refractivity contribution is -0.189. The van der Waals surface area contributed by atoms with Crippen LogP contribution in [0.15, 0.2) is 0 Å². The molecule has 0 atom stereocenters. The minimum atomic E-state index is -0.124. The Labute approximate surface area is 184 Å². The van der Waals surface area contributed by atoms with E-state index in [1.165, 1.54) is 77.0 Å². The van der Waals surface area contributed by atoms with E-state index in [0.717, 1.165) is 44.2 Å². The molecule has 28 heavy (non-hydrogen) atoms. The maximum absolute atomic E-state index is 13.1. The van der Waals surface area contributed by atoms with E-state index in [1.807, 2.05) is 0 Å². The molecule has 4 saturated carbocycles. The van der Waals surface area contributed by atoms with Crippen molar-refractivity contribution in [1.82, 2.24) is 10.2 Å². The number of likely N-dealkylation sites (tertiary alicyclic amines) is 1. The maximum Gasteiger partial charge on any atom is 0.281 e. The van der Waals surface area contributed by atoms with Crippen LogP contribution < -0.4 is 5.32 Å². The monoisotopic (exact) mass is 500 g/mol. The van der Waals surface area contributed by atoms with Crippen LogP contribution in [0.25, 0.3) is 0 Å². The maximum atomic E-state index is 13.1. The summed E-state index contributed by atoms with van der Waals surface area (Å²) in [6.45, 7) is 1.93. The first kappa shape index (κ1) is 20.9. The van der Waals surface area contributed by atoms with E-state index in [9.17, 15) is 9.59 Å². The van der Waals surface area contributed by atoms with Gasteiger partial charge in [-0.05, 0) is 43.9 Å².